The molecule has 2 heterocycles. The van der Waals surface area contributed by atoms with Crippen molar-refractivity contribution in [3.63, 3.8) is 0 Å². The molecule has 0 spiro atoms. The number of aromatic nitrogens is 2. The molecular formula is C15H15N3O2S. The maximum atomic E-state index is 12.0. The van der Waals surface area contributed by atoms with Gasteiger partial charge in [-0.15, -0.1) is 0 Å². The normalized spacial score (nSPS) is 11.0. The van der Waals surface area contributed by atoms with Crippen molar-refractivity contribution < 1.29 is 9.90 Å². The van der Waals surface area contributed by atoms with E-state index >= 15 is 0 Å². The Morgan fingerprint density at radius 2 is 2.24 bits per heavy atom. The molecule has 3 aromatic rings. The monoisotopic (exact) mass is 301 g/mol. The molecule has 0 radical (unpaired) electrons. The van der Waals surface area contributed by atoms with Crippen LogP contribution in [0.4, 0.5) is 0 Å². The Hall–Kier alpha value is -2.18. The first-order valence-corrected chi connectivity index (χ1v) is 7.36. The van der Waals surface area contributed by atoms with Gasteiger partial charge in [0.2, 0.25) is 0 Å². The molecule has 108 valence electrons. The maximum Gasteiger partial charge on any atom is 0.263 e. The maximum absolute atomic E-state index is 12.0. The van der Waals surface area contributed by atoms with Gasteiger partial charge in [0.25, 0.3) is 5.91 Å². The molecule has 0 unspecified atom stereocenters. The first-order chi connectivity index (χ1) is 10.2. The topological polar surface area (TPSA) is 78.0 Å². The Morgan fingerprint density at radius 1 is 1.38 bits per heavy atom. The van der Waals surface area contributed by atoms with Gasteiger partial charge in [0.05, 0.1) is 12.3 Å². The molecule has 0 aliphatic carbocycles. The third-order valence-corrected chi connectivity index (χ3v) is 4.10. The second-order valence-corrected chi connectivity index (χ2v) is 5.69. The Balaban J connectivity index is 1.71. The zero-order valence-corrected chi connectivity index (χ0v) is 12.3. The number of amides is 1. The number of H-pyrrole nitrogens is 1. The van der Waals surface area contributed by atoms with Gasteiger partial charge in [0.1, 0.15) is 4.88 Å². The Kier molecular flexibility index (Phi) is 3.72. The van der Waals surface area contributed by atoms with E-state index in [1.54, 1.807) is 6.07 Å². The van der Waals surface area contributed by atoms with E-state index in [-0.39, 0.29) is 12.5 Å². The van der Waals surface area contributed by atoms with Crippen LogP contribution in [0.1, 0.15) is 26.6 Å². The fourth-order valence-electron chi connectivity index (χ4n) is 2.18. The summed E-state index contributed by atoms with van der Waals surface area (Å²) in [5, 5.41) is 13.0. The van der Waals surface area contributed by atoms with Crippen LogP contribution in [-0.4, -0.2) is 20.4 Å². The SMILES string of the molecule is Cc1cc(C(=O)NCc2ccc3[nH]c(CO)cc3c2)sn1. The van der Waals surface area contributed by atoms with Crippen molar-refractivity contribution in [3.8, 4) is 0 Å². The smallest absolute Gasteiger partial charge is 0.263 e. The lowest BCUT2D eigenvalue weighted by atomic mass is 10.1. The summed E-state index contributed by atoms with van der Waals surface area (Å²) in [7, 11) is 0. The molecule has 5 nitrogen and oxygen atoms in total. The van der Waals surface area contributed by atoms with Crippen molar-refractivity contribution in [1.82, 2.24) is 14.7 Å². The molecule has 1 aromatic carbocycles. The number of aliphatic hydroxyl groups is 1. The summed E-state index contributed by atoms with van der Waals surface area (Å²) in [4.78, 5) is 15.7. The number of hydrogen-bond donors (Lipinski definition) is 3. The van der Waals surface area contributed by atoms with Crippen LogP contribution in [0, 0.1) is 6.92 Å². The van der Waals surface area contributed by atoms with Gasteiger partial charge < -0.3 is 15.4 Å². The fraction of sp³-hybridized carbons (Fsp3) is 0.200. The van der Waals surface area contributed by atoms with Crippen molar-refractivity contribution in [2.75, 3.05) is 0 Å². The Bertz CT molecular complexity index is 791. The van der Waals surface area contributed by atoms with E-state index in [2.05, 4.69) is 14.7 Å². The number of aliphatic hydroxyl groups excluding tert-OH is 1. The molecule has 0 aliphatic heterocycles. The molecular weight excluding hydrogens is 286 g/mol. The molecule has 21 heavy (non-hydrogen) atoms. The lowest BCUT2D eigenvalue weighted by Gasteiger charge is -2.03. The van der Waals surface area contributed by atoms with E-state index < -0.39 is 0 Å². The molecule has 2 aromatic heterocycles. The average molecular weight is 301 g/mol. The lowest BCUT2D eigenvalue weighted by molar-refractivity contribution is 0.0955. The highest BCUT2D eigenvalue weighted by atomic mass is 32.1. The first kappa shape index (κ1) is 13.8. The van der Waals surface area contributed by atoms with Crippen molar-refractivity contribution in [2.45, 2.75) is 20.1 Å². The predicted molar refractivity (Wildman–Crippen MR) is 82.2 cm³/mol. The van der Waals surface area contributed by atoms with E-state index in [0.29, 0.717) is 11.4 Å². The van der Waals surface area contributed by atoms with Crippen molar-refractivity contribution >= 4 is 28.3 Å². The fourth-order valence-corrected chi connectivity index (χ4v) is 2.85. The molecule has 0 aliphatic rings. The van der Waals surface area contributed by atoms with Gasteiger partial charge in [-0.3, -0.25) is 4.79 Å². The van der Waals surface area contributed by atoms with Crippen LogP contribution in [0.5, 0.6) is 0 Å². The molecule has 3 N–H and O–H groups in total. The summed E-state index contributed by atoms with van der Waals surface area (Å²) in [5.41, 5.74) is 3.63. The number of rotatable bonds is 4. The summed E-state index contributed by atoms with van der Waals surface area (Å²) < 4.78 is 4.10. The number of nitrogens with zero attached hydrogens (tertiary/aromatic N) is 1. The minimum absolute atomic E-state index is 0.00845. The van der Waals surface area contributed by atoms with Crippen LogP contribution in [0.15, 0.2) is 30.3 Å². The van der Waals surface area contributed by atoms with Crippen LogP contribution in [-0.2, 0) is 13.2 Å². The molecule has 0 saturated heterocycles. The van der Waals surface area contributed by atoms with Gasteiger partial charge >= 0.3 is 0 Å². The van der Waals surface area contributed by atoms with Gasteiger partial charge in [-0.1, -0.05) is 6.07 Å². The summed E-state index contributed by atoms with van der Waals surface area (Å²) in [5.74, 6) is -0.106. The number of hydrogen-bond acceptors (Lipinski definition) is 4. The van der Waals surface area contributed by atoms with Crippen LogP contribution < -0.4 is 5.32 Å². The summed E-state index contributed by atoms with van der Waals surface area (Å²) in [6.07, 6.45) is 0. The standard InChI is InChI=1S/C15H15N3O2S/c1-9-4-14(21-18-9)15(20)16-7-10-2-3-13-11(5-10)6-12(8-19)17-13/h2-6,17,19H,7-8H2,1H3,(H,16,20). The van der Waals surface area contributed by atoms with Crippen LogP contribution in [0.3, 0.4) is 0 Å². The lowest BCUT2D eigenvalue weighted by Crippen LogP contribution is -2.21. The molecule has 3 rings (SSSR count). The largest absolute Gasteiger partial charge is 0.390 e. The number of aromatic amines is 1. The van der Waals surface area contributed by atoms with E-state index in [9.17, 15) is 4.79 Å². The summed E-state index contributed by atoms with van der Waals surface area (Å²) >= 11 is 1.21. The number of benzene rings is 1. The first-order valence-electron chi connectivity index (χ1n) is 6.58. The van der Waals surface area contributed by atoms with Gasteiger partial charge in [-0.05, 0) is 48.3 Å². The number of carbonyl (C=O) groups is 1. The van der Waals surface area contributed by atoms with E-state index in [0.717, 1.165) is 27.9 Å². The number of fused-ring (bicyclic) bond motifs is 1. The average Bonchev–Trinajstić information content (AvgIpc) is 3.09. The number of aryl methyl sites for hydroxylation is 1. The second-order valence-electron chi connectivity index (χ2n) is 4.89. The van der Waals surface area contributed by atoms with Crippen LogP contribution in [0.2, 0.25) is 0 Å². The second kappa shape index (κ2) is 5.67. The quantitative estimate of drug-likeness (QED) is 0.692. The Morgan fingerprint density at radius 3 is 2.95 bits per heavy atom. The third-order valence-electron chi connectivity index (χ3n) is 3.22. The molecule has 0 atom stereocenters. The van der Waals surface area contributed by atoms with E-state index in [4.69, 9.17) is 5.11 Å². The predicted octanol–water partition coefficient (Wildman–Crippen LogP) is 2.36. The molecule has 0 fully saturated rings. The van der Waals surface area contributed by atoms with Gasteiger partial charge in [0, 0.05) is 23.1 Å². The van der Waals surface area contributed by atoms with Crippen LogP contribution in [0.25, 0.3) is 10.9 Å². The van der Waals surface area contributed by atoms with Gasteiger partial charge in [-0.2, -0.15) is 4.37 Å². The molecule has 6 heteroatoms. The summed E-state index contributed by atoms with van der Waals surface area (Å²) in [6, 6.07) is 9.60. The van der Waals surface area contributed by atoms with Gasteiger partial charge in [-0.25, -0.2) is 0 Å². The molecule has 0 bridgehead atoms. The number of carbonyl (C=O) groups excluding carboxylic acids is 1. The van der Waals surface area contributed by atoms with E-state index in [1.165, 1.54) is 11.5 Å². The van der Waals surface area contributed by atoms with Crippen molar-refractivity contribution in [1.29, 1.82) is 0 Å². The molecule has 1 amide bonds. The highest BCUT2D eigenvalue weighted by Gasteiger charge is 2.09. The minimum Gasteiger partial charge on any atom is -0.390 e. The summed E-state index contributed by atoms with van der Waals surface area (Å²) in [6.45, 7) is 2.32. The highest BCUT2D eigenvalue weighted by Crippen LogP contribution is 2.17. The van der Waals surface area contributed by atoms with Crippen molar-refractivity contribution in [3.05, 3.63) is 52.2 Å². The zero-order valence-electron chi connectivity index (χ0n) is 11.5. The van der Waals surface area contributed by atoms with Gasteiger partial charge in [0.15, 0.2) is 0 Å². The third kappa shape index (κ3) is 2.96. The minimum atomic E-state index is -0.106. The van der Waals surface area contributed by atoms with E-state index in [1.807, 2.05) is 31.2 Å². The Labute approximate surface area is 125 Å². The molecule has 0 saturated carbocycles. The number of nitrogens with one attached hydrogen (secondary N) is 2. The highest BCUT2D eigenvalue weighted by molar-refractivity contribution is 7.08. The van der Waals surface area contributed by atoms with Crippen LogP contribution >= 0.6 is 11.5 Å². The van der Waals surface area contributed by atoms with Crippen molar-refractivity contribution in [2.24, 2.45) is 0 Å². The zero-order chi connectivity index (χ0) is 14.8.